The molecule has 0 radical (unpaired) electrons. The maximum absolute atomic E-state index is 6.01. The minimum absolute atomic E-state index is 0.207. The summed E-state index contributed by atoms with van der Waals surface area (Å²) in [4.78, 5) is 0. The molecule has 0 amide bonds. The molecule has 1 atom stereocenters. The number of nitrogens with one attached hydrogen (secondary N) is 1. The van der Waals surface area contributed by atoms with E-state index in [2.05, 4.69) is 51.2 Å². The molecule has 17 heavy (non-hydrogen) atoms. The first-order valence-corrected chi connectivity index (χ1v) is 6.45. The van der Waals surface area contributed by atoms with Crippen molar-refractivity contribution >= 4 is 0 Å². The number of rotatable bonds is 2. The number of benzene rings is 1. The van der Waals surface area contributed by atoms with Crippen LogP contribution in [-0.4, -0.2) is 19.2 Å². The van der Waals surface area contributed by atoms with Crippen LogP contribution in [-0.2, 0) is 5.41 Å². The summed E-state index contributed by atoms with van der Waals surface area (Å²) < 4.78 is 6.01. The highest BCUT2D eigenvalue weighted by molar-refractivity contribution is 5.38. The Balaban J connectivity index is 2.14. The third-order valence-corrected chi connectivity index (χ3v) is 3.35. The normalized spacial score (nSPS) is 20.6. The Kier molecular flexibility index (Phi) is 3.43. The Labute approximate surface area is 104 Å². The molecular weight excluding hydrogens is 210 g/mol. The van der Waals surface area contributed by atoms with Crippen LogP contribution in [0.2, 0.25) is 0 Å². The summed E-state index contributed by atoms with van der Waals surface area (Å²) in [6.07, 6.45) is 1.45. The lowest BCUT2D eigenvalue weighted by atomic mass is 9.86. The second-order valence-corrected chi connectivity index (χ2v) is 5.96. The number of hydrogen-bond acceptors (Lipinski definition) is 2. The molecule has 2 nitrogen and oxygen atoms in total. The van der Waals surface area contributed by atoms with Crippen molar-refractivity contribution in [2.24, 2.45) is 0 Å². The Morgan fingerprint density at radius 1 is 1.29 bits per heavy atom. The Hall–Kier alpha value is -1.02. The van der Waals surface area contributed by atoms with Crippen LogP contribution in [0.5, 0.6) is 5.75 Å². The summed E-state index contributed by atoms with van der Waals surface area (Å²) in [5, 5.41) is 3.32. The van der Waals surface area contributed by atoms with Gasteiger partial charge in [0.2, 0.25) is 0 Å². The maximum Gasteiger partial charge on any atom is 0.122 e. The summed E-state index contributed by atoms with van der Waals surface area (Å²) in [5.74, 6) is 1.03. The van der Waals surface area contributed by atoms with Gasteiger partial charge in [0, 0.05) is 6.54 Å². The van der Waals surface area contributed by atoms with Gasteiger partial charge < -0.3 is 10.1 Å². The molecule has 1 aromatic carbocycles. The largest absolute Gasteiger partial charge is 0.489 e. The SMILES string of the molecule is Cc1cc(C(C)(C)C)ccc1O[C@H]1CCNC1. The zero-order chi connectivity index (χ0) is 12.5. The average molecular weight is 233 g/mol. The Morgan fingerprint density at radius 2 is 2.06 bits per heavy atom. The first kappa shape index (κ1) is 12.4. The predicted octanol–water partition coefficient (Wildman–Crippen LogP) is 3.03. The van der Waals surface area contributed by atoms with Gasteiger partial charge in [-0.3, -0.25) is 0 Å². The minimum atomic E-state index is 0.207. The Bertz CT molecular complexity index is 386. The van der Waals surface area contributed by atoms with Crippen LogP contribution < -0.4 is 10.1 Å². The molecule has 1 aromatic rings. The molecule has 1 saturated heterocycles. The van der Waals surface area contributed by atoms with Crippen LogP contribution >= 0.6 is 0 Å². The van der Waals surface area contributed by atoms with Crippen molar-refractivity contribution in [1.29, 1.82) is 0 Å². The molecule has 1 heterocycles. The molecule has 2 rings (SSSR count). The fourth-order valence-corrected chi connectivity index (χ4v) is 2.16. The summed E-state index contributed by atoms with van der Waals surface area (Å²) in [5.41, 5.74) is 2.81. The lowest BCUT2D eigenvalue weighted by Gasteiger charge is -2.21. The highest BCUT2D eigenvalue weighted by Gasteiger charge is 2.18. The van der Waals surface area contributed by atoms with E-state index in [-0.39, 0.29) is 5.41 Å². The van der Waals surface area contributed by atoms with E-state index < -0.39 is 0 Å². The Morgan fingerprint density at radius 3 is 2.59 bits per heavy atom. The van der Waals surface area contributed by atoms with Crippen molar-refractivity contribution in [2.45, 2.75) is 45.6 Å². The van der Waals surface area contributed by atoms with Gasteiger partial charge in [0.25, 0.3) is 0 Å². The number of ether oxygens (including phenoxy) is 1. The molecule has 1 aliphatic heterocycles. The fourth-order valence-electron chi connectivity index (χ4n) is 2.16. The second kappa shape index (κ2) is 4.69. The van der Waals surface area contributed by atoms with Crippen LogP contribution in [0.25, 0.3) is 0 Å². The van der Waals surface area contributed by atoms with Crippen molar-refractivity contribution in [3.63, 3.8) is 0 Å². The number of hydrogen-bond donors (Lipinski definition) is 1. The zero-order valence-electron chi connectivity index (χ0n) is 11.3. The van der Waals surface area contributed by atoms with Gasteiger partial charge in [-0.25, -0.2) is 0 Å². The monoisotopic (exact) mass is 233 g/mol. The molecule has 0 bridgehead atoms. The molecule has 94 valence electrons. The quantitative estimate of drug-likeness (QED) is 0.847. The standard InChI is InChI=1S/C15H23NO/c1-11-9-12(15(2,3)4)5-6-14(11)17-13-7-8-16-10-13/h5-6,9,13,16H,7-8,10H2,1-4H3/t13-/m0/s1. The first-order valence-electron chi connectivity index (χ1n) is 6.45. The van der Waals surface area contributed by atoms with Gasteiger partial charge in [-0.15, -0.1) is 0 Å². The zero-order valence-corrected chi connectivity index (χ0v) is 11.3. The second-order valence-electron chi connectivity index (χ2n) is 5.96. The van der Waals surface area contributed by atoms with Crippen LogP contribution in [0.1, 0.15) is 38.3 Å². The van der Waals surface area contributed by atoms with Crippen LogP contribution in [0.15, 0.2) is 18.2 Å². The van der Waals surface area contributed by atoms with Gasteiger partial charge in [0.15, 0.2) is 0 Å². The van der Waals surface area contributed by atoms with E-state index in [0.717, 1.165) is 25.3 Å². The van der Waals surface area contributed by atoms with Crippen molar-refractivity contribution in [2.75, 3.05) is 13.1 Å². The topological polar surface area (TPSA) is 21.3 Å². The van der Waals surface area contributed by atoms with E-state index in [1.807, 2.05) is 0 Å². The van der Waals surface area contributed by atoms with E-state index >= 15 is 0 Å². The molecule has 0 aromatic heterocycles. The average Bonchev–Trinajstić information content (AvgIpc) is 2.72. The molecule has 0 saturated carbocycles. The van der Waals surface area contributed by atoms with Gasteiger partial charge in [-0.05, 0) is 42.5 Å². The highest BCUT2D eigenvalue weighted by Crippen LogP contribution is 2.28. The molecule has 2 heteroatoms. The van der Waals surface area contributed by atoms with Crippen molar-refractivity contribution < 1.29 is 4.74 Å². The van der Waals surface area contributed by atoms with E-state index in [1.54, 1.807) is 0 Å². The van der Waals surface area contributed by atoms with Gasteiger partial charge in [0.05, 0.1) is 0 Å². The summed E-state index contributed by atoms with van der Waals surface area (Å²) in [6, 6.07) is 6.55. The fraction of sp³-hybridized carbons (Fsp3) is 0.600. The van der Waals surface area contributed by atoms with Crippen molar-refractivity contribution in [1.82, 2.24) is 5.32 Å². The third kappa shape index (κ3) is 3.01. The predicted molar refractivity (Wildman–Crippen MR) is 71.8 cm³/mol. The van der Waals surface area contributed by atoms with E-state index in [0.29, 0.717) is 6.10 Å². The molecule has 1 N–H and O–H groups in total. The highest BCUT2D eigenvalue weighted by atomic mass is 16.5. The van der Waals surface area contributed by atoms with Gasteiger partial charge in [-0.2, -0.15) is 0 Å². The molecule has 1 aliphatic rings. The van der Waals surface area contributed by atoms with Gasteiger partial charge >= 0.3 is 0 Å². The molecular formula is C15H23NO. The minimum Gasteiger partial charge on any atom is -0.489 e. The van der Waals surface area contributed by atoms with Crippen LogP contribution in [0, 0.1) is 6.92 Å². The third-order valence-electron chi connectivity index (χ3n) is 3.35. The smallest absolute Gasteiger partial charge is 0.122 e. The van der Waals surface area contributed by atoms with E-state index in [1.165, 1.54) is 11.1 Å². The molecule has 1 fully saturated rings. The van der Waals surface area contributed by atoms with Gasteiger partial charge in [0.1, 0.15) is 11.9 Å². The summed E-state index contributed by atoms with van der Waals surface area (Å²) in [6.45, 7) is 10.9. The van der Waals surface area contributed by atoms with Gasteiger partial charge in [-0.1, -0.05) is 32.9 Å². The van der Waals surface area contributed by atoms with Crippen molar-refractivity contribution in [3.8, 4) is 5.75 Å². The van der Waals surface area contributed by atoms with Crippen LogP contribution in [0.4, 0.5) is 0 Å². The van der Waals surface area contributed by atoms with Crippen molar-refractivity contribution in [3.05, 3.63) is 29.3 Å². The van der Waals surface area contributed by atoms with E-state index in [9.17, 15) is 0 Å². The lowest BCUT2D eigenvalue weighted by molar-refractivity contribution is 0.221. The lowest BCUT2D eigenvalue weighted by Crippen LogP contribution is -2.20. The molecule has 0 unspecified atom stereocenters. The molecule has 0 aliphatic carbocycles. The summed E-state index contributed by atoms with van der Waals surface area (Å²) in [7, 11) is 0. The summed E-state index contributed by atoms with van der Waals surface area (Å²) >= 11 is 0. The van der Waals surface area contributed by atoms with Crippen LogP contribution in [0.3, 0.4) is 0 Å². The maximum atomic E-state index is 6.01. The molecule has 0 spiro atoms. The van der Waals surface area contributed by atoms with E-state index in [4.69, 9.17) is 4.74 Å². The number of aryl methyl sites for hydroxylation is 1. The first-order chi connectivity index (χ1) is 7.97.